The minimum absolute atomic E-state index is 0.453. The summed E-state index contributed by atoms with van der Waals surface area (Å²) < 4.78 is 0. The summed E-state index contributed by atoms with van der Waals surface area (Å²) in [5, 5.41) is 0. The van der Waals surface area contributed by atoms with Crippen LogP contribution < -0.4 is 0 Å². The van der Waals surface area contributed by atoms with Gasteiger partial charge in [0.05, 0.1) is 0 Å². The third-order valence-corrected chi connectivity index (χ3v) is 4.49. The Kier molecular flexibility index (Phi) is 2.62. The van der Waals surface area contributed by atoms with E-state index < -0.39 is 0 Å². The predicted molar refractivity (Wildman–Crippen MR) is 66.7 cm³/mol. The maximum atomic E-state index is 2.45. The van der Waals surface area contributed by atoms with Crippen molar-refractivity contribution in [1.82, 2.24) is 0 Å². The molecule has 82 valence electrons. The van der Waals surface area contributed by atoms with E-state index in [1.54, 1.807) is 5.57 Å². The van der Waals surface area contributed by atoms with Crippen molar-refractivity contribution in [1.29, 1.82) is 0 Å². The molecule has 0 spiro atoms. The maximum absolute atomic E-state index is 2.45. The van der Waals surface area contributed by atoms with Crippen LogP contribution in [0.5, 0.6) is 0 Å². The number of hydrogen-bond donors (Lipinski definition) is 0. The van der Waals surface area contributed by atoms with Crippen LogP contribution in [-0.4, -0.2) is 0 Å². The Morgan fingerprint density at radius 3 is 2.87 bits per heavy atom. The average molecular weight is 202 g/mol. The van der Waals surface area contributed by atoms with Crippen LogP contribution in [0.1, 0.15) is 47.0 Å². The van der Waals surface area contributed by atoms with Gasteiger partial charge in [0.15, 0.2) is 0 Å². The molecule has 0 aromatic carbocycles. The van der Waals surface area contributed by atoms with Crippen molar-refractivity contribution in [3.8, 4) is 0 Å². The van der Waals surface area contributed by atoms with Crippen molar-refractivity contribution < 1.29 is 0 Å². The lowest BCUT2D eigenvalue weighted by Crippen LogP contribution is -2.24. The van der Waals surface area contributed by atoms with E-state index in [4.69, 9.17) is 0 Å². The van der Waals surface area contributed by atoms with E-state index in [-0.39, 0.29) is 0 Å². The third kappa shape index (κ3) is 1.60. The summed E-state index contributed by atoms with van der Waals surface area (Å²) in [7, 11) is 0. The molecule has 0 radical (unpaired) electrons. The lowest BCUT2D eigenvalue weighted by molar-refractivity contribution is 0.293. The van der Waals surface area contributed by atoms with Gasteiger partial charge in [-0.05, 0) is 55.6 Å². The van der Waals surface area contributed by atoms with Crippen LogP contribution >= 0.6 is 0 Å². The molecule has 0 bridgehead atoms. The molecule has 0 nitrogen and oxygen atoms in total. The number of allylic oxidation sites excluding steroid dienone is 6. The zero-order valence-corrected chi connectivity index (χ0v) is 10.4. The van der Waals surface area contributed by atoms with Gasteiger partial charge in [-0.3, -0.25) is 0 Å². The fourth-order valence-corrected chi connectivity index (χ4v) is 3.10. The van der Waals surface area contributed by atoms with Gasteiger partial charge < -0.3 is 0 Å². The van der Waals surface area contributed by atoms with Crippen molar-refractivity contribution >= 4 is 0 Å². The molecule has 0 aliphatic heterocycles. The summed E-state index contributed by atoms with van der Waals surface area (Å²) in [5.41, 5.74) is 5.17. The normalized spacial score (nSPS) is 36.0. The summed E-state index contributed by atoms with van der Waals surface area (Å²) in [5.74, 6) is 0.845. The molecule has 0 amide bonds. The van der Waals surface area contributed by atoms with Crippen LogP contribution in [0.3, 0.4) is 0 Å². The fraction of sp³-hybridized carbons (Fsp3) is 0.600. The van der Waals surface area contributed by atoms with Crippen molar-refractivity contribution in [3.63, 3.8) is 0 Å². The van der Waals surface area contributed by atoms with Crippen LogP contribution in [0.2, 0.25) is 0 Å². The molecule has 2 rings (SSSR count). The summed E-state index contributed by atoms with van der Waals surface area (Å²) in [6.45, 7) is 9.23. The second-order valence-electron chi connectivity index (χ2n) is 5.41. The molecule has 2 atom stereocenters. The Morgan fingerprint density at radius 2 is 2.20 bits per heavy atom. The molecule has 2 aliphatic carbocycles. The standard InChI is InChI=1S/C15H22/c1-5-6-13-10-15(4)12(3)7-8-14(15)9-11(13)2/h5-6,9,12H,7-8,10H2,1-4H3. The molecule has 0 aromatic heterocycles. The maximum Gasteiger partial charge on any atom is -0.00470 e. The van der Waals surface area contributed by atoms with Gasteiger partial charge in [0, 0.05) is 0 Å². The Balaban J connectivity index is 2.39. The lowest BCUT2D eigenvalue weighted by atomic mass is 9.69. The number of fused-ring (bicyclic) bond motifs is 1. The summed E-state index contributed by atoms with van der Waals surface area (Å²) in [6.07, 6.45) is 10.8. The smallest absolute Gasteiger partial charge is 0.00470 e. The van der Waals surface area contributed by atoms with Crippen LogP contribution in [0.25, 0.3) is 0 Å². The van der Waals surface area contributed by atoms with Crippen molar-refractivity contribution in [3.05, 3.63) is 34.9 Å². The third-order valence-electron chi connectivity index (χ3n) is 4.49. The van der Waals surface area contributed by atoms with Gasteiger partial charge in [0.1, 0.15) is 0 Å². The van der Waals surface area contributed by atoms with Gasteiger partial charge in [-0.25, -0.2) is 0 Å². The zero-order chi connectivity index (χ0) is 11.1. The fourth-order valence-electron chi connectivity index (χ4n) is 3.10. The molecule has 0 heterocycles. The van der Waals surface area contributed by atoms with E-state index >= 15 is 0 Å². The SMILES string of the molecule is CC=CC1=C(C)C=C2CCC(C)C2(C)C1. The molecular formula is C15H22. The van der Waals surface area contributed by atoms with Crippen LogP contribution in [0.15, 0.2) is 34.9 Å². The Hall–Kier alpha value is -0.780. The van der Waals surface area contributed by atoms with E-state index in [2.05, 4.69) is 45.9 Å². The molecule has 0 N–H and O–H groups in total. The first kappa shape index (κ1) is 10.7. The highest BCUT2D eigenvalue weighted by atomic mass is 14.5. The minimum atomic E-state index is 0.453. The largest absolute Gasteiger partial charge is 0.0874 e. The molecule has 1 saturated carbocycles. The van der Waals surface area contributed by atoms with E-state index in [9.17, 15) is 0 Å². The van der Waals surface area contributed by atoms with Crippen molar-refractivity contribution in [2.24, 2.45) is 11.3 Å². The topological polar surface area (TPSA) is 0 Å². The first-order valence-corrected chi connectivity index (χ1v) is 6.11. The van der Waals surface area contributed by atoms with Gasteiger partial charge in [-0.2, -0.15) is 0 Å². The molecule has 1 fully saturated rings. The summed E-state index contributed by atoms with van der Waals surface area (Å²) in [6, 6.07) is 0. The van der Waals surface area contributed by atoms with Crippen LogP contribution in [0, 0.1) is 11.3 Å². The first-order valence-electron chi connectivity index (χ1n) is 6.11. The number of hydrogen-bond acceptors (Lipinski definition) is 0. The van der Waals surface area contributed by atoms with Crippen molar-refractivity contribution in [2.45, 2.75) is 47.0 Å². The average Bonchev–Trinajstić information content (AvgIpc) is 2.46. The molecule has 15 heavy (non-hydrogen) atoms. The van der Waals surface area contributed by atoms with E-state index in [1.165, 1.54) is 30.4 Å². The lowest BCUT2D eigenvalue weighted by Gasteiger charge is -2.35. The van der Waals surface area contributed by atoms with Gasteiger partial charge in [0.25, 0.3) is 0 Å². The quantitative estimate of drug-likeness (QED) is 0.581. The second-order valence-corrected chi connectivity index (χ2v) is 5.41. The number of rotatable bonds is 1. The zero-order valence-electron chi connectivity index (χ0n) is 10.4. The van der Waals surface area contributed by atoms with Crippen LogP contribution in [-0.2, 0) is 0 Å². The van der Waals surface area contributed by atoms with E-state index in [0.29, 0.717) is 5.41 Å². The highest BCUT2D eigenvalue weighted by Crippen LogP contribution is 2.53. The molecule has 0 heteroatoms. The van der Waals surface area contributed by atoms with E-state index in [0.717, 1.165) is 5.92 Å². The molecular weight excluding hydrogens is 180 g/mol. The second kappa shape index (κ2) is 3.66. The Bertz CT molecular complexity index is 354. The molecule has 2 aliphatic rings. The molecule has 2 unspecified atom stereocenters. The van der Waals surface area contributed by atoms with Crippen molar-refractivity contribution in [2.75, 3.05) is 0 Å². The van der Waals surface area contributed by atoms with Gasteiger partial charge in [-0.15, -0.1) is 0 Å². The predicted octanol–water partition coefficient (Wildman–Crippen LogP) is 4.65. The molecule has 0 aromatic rings. The highest BCUT2D eigenvalue weighted by molar-refractivity contribution is 5.43. The molecule has 0 saturated heterocycles. The van der Waals surface area contributed by atoms with E-state index in [1.807, 2.05) is 0 Å². The van der Waals surface area contributed by atoms with Gasteiger partial charge in [0.2, 0.25) is 0 Å². The Labute approximate surface area is 93.8 Å². The summed E-state index contributed by atoms with van der Waals surface area (Å²) in [4.78, 5) is 0. The van der Waals surface area contributed by atoms with Gasteiger partial charge >= 0.3 is 0 Å². The summed E-state index contributed by atoms with van der Waals surface area (Å²) >= 11 is 0. The minimum Gasteiger partial charge on any atom is -0.0874 e. The monoisotopic (exact) mass is 202 g/mol. The highest BCUT2D eigenvalue weighted by Gasteiger charge is 2.41. The van der Waals surface area contributed by atoms with Crippen LogP contribution in [0.4, 0.5) is 0 Å². The Morgan fingerprint density at radius 1 is 1.47 bits per heavy atom. The first-order chi connectivity index (χ1) is 7.08. The van der Waals surface area contributed by atoms with Gasteiger partial charge in [-0.1, -0.05) is 37.6 Å².